The lowest BCUT2D eigenvalue weighted by atomic mass is 9.78. The van der Waals surface area contributed by atoms with Crippen LogP contribution in [0.5, 0.6) is 0 Å². The predicted octanol–water partition coefficient (Wildman–Crippen LogP) is 6.29. The van der Waals surface area contributed by atoms with Crippen LogP contribution in [0.2, 0.25) is 5.02 Å². The molecule has 0 amide bonds. The van der Waals surface area contributed by atoms with Crippen LogP contribution in [0.3, 0.4) is 0 Å². The highest BCUT2D eigenvalue weighted by atomic mass is 35.5. The number of benzene rings is 3. The van der Waals surface area contributed by atoms with Gasteiger partial charge in [0, 0.05) is 22.7 Å². The average Bonchev–Trinajstić information content (AvgIpc) is 3.31. The number of nitrogens with one attached hydrogen (secondary N) is 1. The van der Waals surface area contributed by atoms with Crippen LogP contribution in [0.25, 0.3) is 16.8 Å². The van der Waals surface area contributed by atoms with E-state index in [0.717, 1.165) is 41.1 Å². The summed E-state index contributed by atoms with van der Waals surface area (Å²) in [5.74, 6) is 0.785. The normalized spacial score (nSPS) is 16.6. The molecule has 2 unspecified atom stereocenters. The molecule has 2 atom stereocenters. The van der Waals surface area contributed by atoms with Crippen LogP contribution in [-0.2, 0) is 12.8 Å². The van der Waals surface area contributed by atoms with Crippen LogP contribution >= 0.6 is 11.6 Å². The first kappa shape index (κ1) is 22.0. The molecule has 2 aliphatic rings. The zero-order valence-corrected chi connectivity index (χ0v) is 20.0. The Balaban J connectivity index is 1.27. The molecular weight excluding hydrogens is 454 g/mol. The summed E-state index contributed by atoms with van der Waals surface area (Å²) in [4.78, 5) is 9.57. The zero-order chi connectivity index (χ0) is 23.8. The molecule has 0 bridgehead atoms. The van der Waals surface area contributed by atoms with Crippen LogP contribution in [-0.4, -0.2) is 27.7 Å². The molecule has 4 nitrogen and oxygen atoms in total. The molecule has 6 rings (SSSR count). The summed E-state index contributed by atoms with van der Waals surface area (Å²) in [6.07, 6.45) is 6.70. The first-order valence-electron chi connectivity index (χ1n) is 12.0. The van der Waals surface area contributed by atoms with Gasteiger partial charge in [-0.15, -0.1) is 0 Å². The Morgan fingerprint density at radius 1 is 0.943 bits per heavy atom. The number of hydrogen-bond donors (Lipinski definition) is 2. The molecule has 0 fully saturated rings. The molecule has 4 aromatic rings. The van der Waals surface area contributed by atoms with Gasteiger partial charge in [0.25, 0.3) is 0 Å². The number of aromatic nitrogens is 2. The molecule has 0 spiro atoms. The highest BCUT2D eigenvalue weighted by molar-refractivity contribution is 6.30. The molecule has 2 N–H and O–H groups in total. The van der Waals surface area contributed by atoms with Crippen molar-refractivity contribution >= 4 is 23.1 Å². The largest absolute Gasteiger partial charge is 0.394 e. The first-order chi connectivity index (χ1) is 17.2. The number of nitrogens with zero attached hydrogens (tertiary/aromatic N) is 2. The molecular formula is C30H26ClN3O. The standard InChI is InChI=1S/C30H26ClN3O/c31-23-13-11-20(12-14-23)28-16-22-17-32-30(34-29(22)27-8-4-3-7-26(27)28)33-24(18-35)15-21-10-9-19-5-1-2-6-25(19)21/h1-8,10-14,17,24,28,35H,9,15-16,18H2,(H,32,33,34). The summed E-state index contributed by atoms with van der Waals surface area (Å²) in [6, 6.07) is 24.9. The van der Waals surface area contributed by atoms with Crippen molar-refractivity contribution in [2.24, 2.45) is 0 Å². The van der Waals surface area contributed by atoms with E-state index in [1.54, 1.807) is 0 Å². The van der Waals surface area contributed by atoms with Crippen LogP contribution < -0.4 is 5.32 Å². The Labute approximate surface area is 210 Å². The lowest BCUT2D eigenvalue weighted by Gasteiger charge is -2.28. The monoisotopic (exact) mass is 479 g/mol. The highest BCUT2D eigenvalue weighted by Gasteiger charge is 2.28. The second-order valence-electron chi connectivity index (χ2n) is 9.28. The van der Waals surface area contributed by atoms with E-state index in [0.29, 0.717) is 5.95 Å². The van der Waals surface area contributed by atoms with E-state index in [1.807, 2.05) is 18.3 Å². The second-order valence-corrected chi connectivity index (χ2v) is 9.72. The number of allylic oxidation sites excluding steroid dienone is 1. The highest BCUT2D eigenvalue weighted by Crippen LogP contribution is 2.42. The Bertz CT molecular complexity index is 1410. The van der Waals surface area contributed by atoms with Crippen molar-refractivity contribution in [3.8, 4) is 11.3 Å². The molecule has 0 aliphatic heterocycles. The van der Waals surface area contributed by atoms with Crippen LogP contribution in [0.15, 0.2) is 85.1 Å². The van der Waals surface area contributed by atoms with Gasteiger partial charge in [-0.2, -0.15) is 0 Å². The lowest BCUT2D eigenvalue weighted by Crippen LogP contribution is -2.26. The van der Waals surface area contributed by atoms with E-state index in [-0.39, 0.29) is 18.6 Å². The fraction of sp³-hybridized carbons (Fsp3) is 0.200. The summed E-state index contributed by atoms with van der Waals surface area (Å²) in [5, 5.41) is 14.2. The SMILES string of the molecule is OCC(CC1=CCc2ccccc21)Nc1ncc2c(n1)-c1ccccc1C(c1ccc(Cl)cc1)C2. The first-order valence-corrected chi connectivity index (χ1v) is 12.4. The summed E-state index contributed by atoms with van der Waals surface area (Å²) < 4.78 is 0. The number of aliphatic hydroxyl groups is 1. The summed E-state index contributed by atoms with van der Waals surface area (Å²) in [6.45, 7) is 0.00911. The van der Waals surface area contributed by atoms with Crippen LogP contribution in [0.4, 0.5) is 5.95 Å². The molecule has 35 heavy (non-hydrogen) atoms. The van der Waals surface area contributed by atoms with Gasteiger partial charge < -0.3 is 10.4 Å². The lowest BCUT2D eigenvalue weighted by molar-refractivity contribution is 0.275. The topological polar surface area (TPSA) is 58.0 Å². The van der Waals surface area contributed by atoms with Gasteiger partial charge in [-0.25, -0.2) is 9.97 Å². The van der Waals surface area contributed by atoms with Gasteiger partial charge in [0.05, 0.1) is 18.3 Å². The van der Waals surface area contributed by atoms with E-state index in [1.165, 1.54) is 27.8 Å². The predicted molar refractivity (Wildman–Crippen MR) is 142 cm³/mol. The Morgan fingerprint density at radius 3 is 2.54 bits per heavy atom. The van der Waals surface area contributed by atoms with Crippen molar-refractivity contribution in [3.05, 3.63) is 118 Å². The number of fused-ring (bicyclic) bond motifs is 4. The minimum atomic E-state index is -0.161. The molecule has 1 aromatic heterocycles. The maximum Gasteiger partial charge on any atom is 0.223 e. The maximum absolute atomic E-state index is 10.1. The van der Waals surface area contributed by atoms with Crippen molar-refractivity contribution in [2.45, 2.75) is 31.2 Å². The van der Waals surface area contributed by atoms with Gasteiger partial charge in [-0.1, -0.05) is 78.3 Å². The maximum atomic E-state index is 10.1. The number of hydrogen-bond acceptors (Lipinski definition) is 4. The molecule has 0 saturated carbocycles. The fourth-order valence-corrected chi connectivity index (χ4v) is 5.48. The fourth-order valence-electron chi connectivity index (χ4n) is 5.36. The molecule has 3 aromatic carbocycles. The van der Waals surface area contributed by atoms with E-state index < -0.39 is 0 Å². The minimum Gasteiger partial charge on any atom is -0.394 e. The number of rotatable bonds is 6. The van der Waals surface area contributed by atoms with Gasteiger partial charge in [0.1, 0.15) is 0 Å². The molecule has 174 valence electrons. The Kier molecular flexibility index (Phi) is 5.85. The van der Waals surface area contributed by atoms with Gasteiger partial charge in [-0.05, 0) is 64.8 Å². The molecule has 5 heteroatoms. The summed E-state index contributed by atoms with van der Waals surface area (Å²) in [5.41, 5.74) is 9.61. The Hall–Kier alpha value is -3.47. The quantitative estimate of drug-likeness (QED) is 0.341. The van der Waals surface area contributed by atoms with E-state index in [2.05, 4.69) is 77.0 Å². The van der Waals surface area contributed by atoms with Gasteiger partial charge in [-0.3, -0.25) is 0 Å². The van der Waals surface area contributed by atoms with Crippen molar-refractivity contribution in [1.82, 2.24) is 9.97 Å². The molecule has 1 heterocycles. The van der Waals surface area contributed by atoms with Crippen LogP contribution in [0, 0.1) is 0 Å². The average molecular weight is 480 g/mol. The minimum absolute atomic E-state index is 0.00911. The van der Waals surface area contributed by atoms with Crippen molar-refractivity contribution < 1.29 is 5.11 Å². The van der Waals surface area contributed by atoms with Crippen molar-refractivity contribution in [2.75, 3.05) is 11.9 Å². The van der Waals surface area contributed by atoms with E-state index >= 15 is 0 Å². The Morgan fingerprint density at radius 2 is 1.71 bits per heavy atom. The third-order valence-corrected chi connectivity index (χ3v) is 7.36. The van der Waals surface area contributed by atoms with E-state index in [4.69, 9.17) is 16.6 Å². The third kappa shape index (κ3) is 4.24. The van der Waals surface area contributed by atoms with Gasteiger partial charge in [0.15, 0.2) is 0 Å². The molecule has 0 radical (unpaired) electrons. The second kappa shape index (κ2) is 9.29. The smallest absolute Gasteiger partial charge is 0.223 e. The number of aliphatic hydroxyl groups excluding tert-OH is 1. The molecule has 2 aliphatic carbocycles. The van der Waals surface area contributed by atoms with Crippen molar-refractivity contribution in [3.63, 3.8) is 0 Å². The number of anilines is 1. The summed E-state index contributed by atoms with van der Waals surface area (Å²) >= 11 is 6.13. The van der Waals surface area contributed by atoms with E-state index in [9.17, 15) is 5.11 Å². The van der Waals surface area contributed by atoms with Gasteiger partial charge >= 0.3 is 0 Å². The number of halogens is 1. The van der Waals surface area contributed by atoms with Crippen molar-refractivity contribution in [1.29, 1.82) is 0 Å². The third-order valence-electron chi connectivity index (χ3n) is 7.10. The van der Waals surface area contributed by atoms with Crippen LogP contribution in [0.1, 0.15) is 40.2 Å². The van der Waals surface area contributed by atoms with Gasteiger partial charge in [0.2, 0.25) is 5.95 Å². The molecule has 0 saturated heterocycles. The summed E-state index contributed by atoms with van der Waals surface area (Å²) in [7, 11) is 0. The zero-order valence-electron chi connectivity index (χ0n) is 19.3.